The SMILES string of the molecule is O=C(O)c1ccc(F)c(CN(CCCO)C2CCC2)c1. The van der Waals surface area contributed by atoms with Gasteiger partial charge in [-0.15, -0.1) is 0 Å². The van der Waals surface area contributed by atoms with Gasteiger partial charge >= 0.3 is 5.97 Å². The molecule has 0 saturated heterocycles. The summed E-state index contributed by atoms with van der Waals surface area (Å²) >= 11 is 0. The van der Waals surface area contributed by atoms with Crippen LogP contribution in [0, 0.1) is 5.82 Å². The second-order valence-corrected chi connectivity index (χ2v) is 5.24. The third kappa shape index (κ3) is 3.55. The van der Waals surface area contributed by atoms with E-state index in [9.17, 15) is 9.18 Å². The molecule has 1 aliphatic rings. The largest absolute Gasteiger partial charge is 0.478 e. The van der Waals surface area contributed by atoms with Gasteiger partial charge in [0.05, 0.1) is 5.56 Å². The highest BCUT2D eigenvalue weighted by Gasteiger charge is 2.25. The summed E-state index contributed by atoms with van der Waals surface area (Å²) in [6.45, 7) is 1.22. The lowest BCUT2D eigenvalue weighted by molar-refractivity contribution is 0.0696. The van der Waals surface area contributed by atoms with Gasteiger partial charge in [-0.1, -0.05) is 6.42 Å². The van der Waals surface area contributed by atoms with E-state index in [1.165, 1.54) is 24.6 Å². The quantitative estimate of drug-likeness (QED) is 0.805. The van der Waals surface area contributed by atoms with E-state index in [-0.39, 0.29) is 18.0 Å². The smallest absolute Gasteiger partial charge is 0.335 e. The van der Waals surface area contributed by atoms with Crippen LogP contribution in [0.4, 0.5) is 4.39 Å². The molecule has 1 aromatic rings. The molecule has 0 heterocycles. The van der Waals surface area contributed by atoms with Crippen molar-refractivity contribution >= 4 is 5.97 Å². The Balaban J connectivity index is 2.12. The van der Waals surface area contributed by atoms with Crippen LogP contribution in [0.3, 0.4) is 0 Å². The van der Waals surface area contributed by atoms with Crippen molar-refractivity contribution in [3.8, 4) is 0 Å². The predicted octanol–water partition coefficient (Wildman–Crippen LogP) is 2.26. The molecule has 0 aliphatic heterocycles. The van der Waals surface area contributed by atoms with Gasteiger partial charge in [0.1, 0.15) is 5.82 Å². The maximum atomic E-state index is 13.8. The molecule has 20 heavy (non-hydrogen) atoms. The Labute approximate surface area is 117 Å². The zero-order valence-electron chi connectivity index (χ0n) is 11.4. The number of carboxylic acids is 1. The zero-order valence-corrected chi connectivity index (χ0v) is 11.4. The molecule has 0 amide bonds. The van der Waals surface area contributed by atoms with Crippen LogP contribution >= 0.6 is 0 Å². The first-order valence-electron chi connectivity index (χ1n) is 6.98. The van der Waals surface area contributed by atoms with Gasteiger partial charge in [0.2, 0.25) is 0 Å². The number of carbonyl (C=O) groups is 1. The molecule has 5 heteroatoms. The summed E-state index contributed by atoms with van der Waals surface area (Å²) in [5.74, 6) is -1.42. The highest BCUT2D eigenvalue weighted by molar-refractivity contribution is 5.87. The summed E-state index contributed by atoms with van der Waals surface area (Å²) in [5, 5.41) is 17.9. The van der Waals surface area contributed by atoms with E-state index in [1.807, 2.05) is 0 Å². The monoisotopic (exact) mass is 281 g/mol. The maximum Gasteiger partial charge on any atom is 0.335 e. The number of rotatable bonds is 7. The van der Waals surface area contributed by atoms with Gasteiger partial charge in [-0.25, -0.2) is 9.18 Å². The van der Waals surface area contributed by atoms with Crippen LogP contribution in [-0.2, 0) is 6.54 Å². The first-order chi connectivity index (χ1) is 9.61. The number of aromatic carboxylic acids is 1. The van der Waals surface area contributed by atoms with E-state index >= 15 is 0 Å². The number of benzene rings is 1. The standard InChI is InChI=1S/C15H20FNO3/c16-14-6-5-11(15(19)20)9-12(14)10-17(7-2-8-18)13-3-1-4-13/h5-6,9,13,18H,1-4,7-8,10H2,(H,19,20). The Kier molecular flexibility index (Phi) is 5.09. The number of nitrogens with zero attached hydrogens (tertiary/aromatic N) is 1. The van der Waals surface area contributed by atoms with Crippen molar-refractivity contribution in [1.82, 2.24) is 4.90 Å². The number of carboxylic acid groups (broad SMARTS) is 1. The van der Waals surface area contributed by atoms with E-state index < -0.39 is 5.97 Å². The maximum absolute atomic E-state index is 13.8. The number of hydrogen-bond acceptors (Lipinski definition) is 3. The first kappa shape index (κ1) is 14.9. The van der Waals surface area contributed by atoms with Crippen molar-refractivity contribution in [2.24, 2.45) is 0 Å². The molecule has 0 radical (unpaired) electrons. The minimum Gasteiger partial charge on any atom is -0.478 e. The Hall–Kier alpha value is -1.46. The van der Waals surface area contributed by atoms with Gasteiger partial charge in [0.25, 0.3) is 0 Å². The fourth-order valence-electron chi connectivity index (χ4n) is 2.46. The Morgan fingerprint density at radius 3 is 2.70 bits per heavy atom. The summed E-state index contributed by atoms with van der Waals surface area (Å²) < 4.78 is 13.8. The molecule has 0 aromatic heterocycles. The van der Waals surface area contributed by atoms with Crippen LogP contribution in [0.15, 0.2) is 18.2 Å². The third-order valence-electron chi connectivity index (χ3n) is 3.86. The lowest BCUT2D eigenvalue weighted by atomic mass is 9.91. The molecule has 0 atom stereocenters. The van der Waals surface area contributed by atoms with Crippen molar-refractivity contribution in [3.63, 3.8) is 0 Å². The third-order valence-corrected chi connectivity index (χ3v) is 3.86. The minimum atomic E-state index is -1.04. The molecule has 1 fully saturated rings. The van der Waals surface area contributed by atoms with Crippen LogP contribution in [0.1, 0.15) is 41.6 Å². The summed E-state index contributed by atoms with van der Waals surface area (Å²) in [6.07, 6.45) is 4.01. The summed E-state index contributed by atoms with van der Waals surface area (Å²) in [7, 11) is 0. The molecule has 2 rings (SSSR count). The van der Waals surface area contributed by atoms with Gasteiger partial charge in [-0.3, -0.25) is 4.90 Å². The summed E-state index contributed by atoms with van der Waals surface area (Å²) in [5.41, 5.74) is 0.520. The van der Waals surface area contributed by atoms with Crippen molar-refractivity contribution in [2.45, 2.75) is 38.3 Å². The van der Waals surface area contributed by atoms with E-state index in [0.29, 0.717) is 31.1 Å². The van der Waals surface area contributed by atoms with Gasteiger partial charge in [0, 0.05) is 31.3 Å². The van der Waals surface area contributed by atoms with Crippen LogP contribution < -0.4 is 0 Å². The molecule has 110 valence electrons. The van der Waals surface area contributed by atoms with Gasteiger partial charge in [0.15, 0.2) is 0 Å². The molecular formula is C15H20FNO3. The molecule has 4 nitrogen and oxygen atoms in total. The summed E-state index contributed by atoms with van der Waals surface area (Å²) in [6, 6.07) is 4.32. The van der Waals surface area contributed by atoms with Crippen molar-refractivity contribution in [2.75, 3.05) is 13.2 Å². The van der Waals surface area contributed by atoms with Crippen LogP contribution in [0.2, 0.25) is 0 Å². The molecule has 1 aliphatic carbocycles. The average molecular weight is 281 g/mol. The van der Waals surface area contributed by atoms with E-state index in [0.717, 1.165) is 12.8 Å². The second kappa shape index (κ2) is 6.81. The molecular weight excluding hydrogens is 261 g/mol. The highest BCUT2D eigenvalue weighted by atomic mass is 19.1. The first-order valence-corrected chi connectivity index (χ1v) is 6.98. The molecule has 2 N–H and O–H groups in total. The van der Waals surface area contributed by atoms with E-state index in [1.54, 1.807) is 0 Å². The molecule has 1 aromatic carbocycles. The van der Waals surface area contributed by atoms with Gasteiger partial charge < -0.3 is 10.2 Å². The summed E-state index contributed by atoms with van der Waals surface area (Å²) in [4.78, 5) is 13.1. The highest BCUT2D eigenvalue weighted by Crippen LogP contribution is 2.27. The van der Waals surface area contributed by atoms with Crippen LogP contribution in [0.25, 0.3) is 0 Å². The van der Waals surface area contributed by atoms with E-state index in [2.05, 4.69) is 4.90 Å². The lowest BCUT2D eigenvalue weighted by Crippen LogP contribution is -2.40. The zero-order chi connectivity index (χ0) is 14.5. The molecule has 0 spiro atoms. The minimum absolute atomic E-state index is 0.108. The Morgan fingerprint density at radius 2 is 2.15 bits per heavy atom. The van der Waals surface area contributed by atoms with Crippen molar-refractivity contribution < 1.29 is 19.4 Å². The topological polar surface area (TPSA) is 60.8 Å². The van der Waals surface area contributed by atoms with Crippen LogP contribution in [-0.4, -0.2) is 40.3 Å². The lowest BCUT2D eigenvalue weighted by Gasteiger charge is -2.37. The van der Waals surface area contributed by atoms with Crippen LogP contribution in [0.5, 0.6) is 0 Å². The Morgan fingerprint density at radius 1 is 1.40 bits per heavy atom. The molecule has 0 unspecified atom stereocenters. The number of aliphatic hydroxyl groups is 1. The van der Waals surface area contributed by atoms with Crippen molar-refractivity contribution in [1.29, 1.82) is 0 Å². The van der Waals surface area contributed by atoms with E-state index in [4.69, 9.17) is 10.2 Å². The van der Waals surface area contributed by atoms with Gasteiger partial charge in [-0.05, 0) is 37.5 Å². The normalized spacial score (nSPS) is 15.3. The number of halogens is 1. The average Bonchev–Trinajstić information content (AvgIpc) is 2.36. The number of hydrogen-bond donors (Lipinski definition) is 2. The second-order valence-electron chi connectivity index (χ2n) is 5.24. The Bertz CT molecular complexity index is 474. The fourth-order valence-corrected chi connectivity index (χ4v) is 2.46. The van der Waals surface area contributed by atoms with Crippen molar-refractivity contribution in [3.05, 3.63) is 35.1 Å². The fraction of sp³-hybridized carbons (Fsp3) is 0.533. The van der Waals surface area contributed by atoms with Gasteiger partial charge in [-0.2, -0.15) is 0 Å². The molecule has 0 bridgehead atoms. The number of aliphatic hydroxyl groups excluding tert-OH is 1. The molecule has 1 saturated carbocycles. The predicted molar refractivity (Wildman–Crippen MR) is 73.1 cm³/mol.